The van der Waals surface area contributed by atoms with E-state index < -0.39 is 30.1 Å². The lowest BCUT2D eigenvalue weighted by atomic mass is 9.94. The van der Waals surface area contributed by atoms with E-state index in [0.29, 0.717) is 0 Å². The fourth-order valence-electron chi connectivity index (χ4n) is 6.02. The Hall–Kier alpha value is -1.51. The number of hydrogen-bond donors (Lipinski definition) is 1. The molecular weight excluding hydrogens is 410 g/mol. The predicted octanol–water partition coefficient (Wildman–Crippen LogP) is 4.18. The molecule has 5 unspecified atom stereocenters. The molecule has 5 aliphatic rings. The smallest absolute Gasteiger partial charge is 0.256 e. The Bertz CT molecular complexity index is 844. The highest BCUT2D eigenvalue weighted by Gasteiger charge is 2.65. The van der Waals surface area contributed by atoms with Gasteiger partial charge in [0.15, 0.2) is 24.0 Å². The molecule has 2 saturated carbocycles. The van der Waals surface area contributed by atoms with Crippen LogP contribution >= 0.6 is 0 Å². The Morgan fingerprint density at radius 1 is 0.781 bits per heavy atom. The van der Waals surface area contributed by atoms with Crippen LogP contribution in [0.1, 0.15) is 69.8 Å². The molecule has 3 saturated heterocycles. The van der Waals surface area contributed by atoms with Crippen molar-refractivity contribution >= 4 is 11.6 Å². The van der Waals surface area contributed by atoms with Gasteiger partial charge in [0.25, 0.3) is 5.91 Å². The van der Waals surface area contributed by atoms with Gasteiger partial charge in [0.05, 0.1) is 0 Å². The zero-order valence-electron chi connectivity index (χ0n) is 18.7. The number of amides is 1. The molecular formula is C25H33NO6. The lowest BCUT2D eigenvalue weighted by Crippen LogP contribution is -2.58. The zero-order valence-corrected chi connectivity index (χ0v) is 18.7. The van der Waals surface area contributed by atoms with Gasteiger partial charge in [-0.2, -0.15) is 0 Å². The van der Waals surface area contributed by atoms with E-state index in [-0.39, 0.29) is 18.1 Å². The number of anilines is 1. The molecule has 3 heterocycles. The van der Waals surface area contributed by atoms with Crippen LogP contribution in [-0.2, 0) is 28.5 Å². The van der Waals surface area contributed by atoms with Gasteiger partial charge in [0, 0.05) is 31.4 Å². The molecule has 1 amide bonds. The molecule has 1 aromatic carbocycles. The summed E-state index contributed by atoms with van der Waals surface area (Å²) in [6.45, 7) is 2.02. The first kappa shape index (κ1) is 21.1. The van der Waals surface area contributed by atoms with Gasteiger partial charge >= 0.3 is 0 Å². The minimum Gasteiger partial charge on any atom is -0.341 e. The summed E-state index contributed by atoms with van der Waals surface area (Å²) < 4.78 is 32.3. The SMILES string of the molecule is Cc1ccc(NC(=O)C2OC3OC4(CCCCC4)OC3C3OC4(CCCCC4)OC23)cc1. The average Bonchev–Trinajstić information content (AvgIpc) is 3.33. The highest BCUT2D eigenvalue weighted by Crippen LogP contribution is 2.51. The number of carbonyl (C=O) groups is 1. The van der Waals surface area contributed by atoms with Crippen LogP contribution < -0.4 is 5.32 Å². The zero-order chi connectivity index (χ0) is 21.8. The minimum absolute atomic E-state index is 0.230. The third kappa shape index (κ3) is 3.68. The molecule has 5 fully saturated rings. The maximum absolute atomic E-state index is 13.4. The van der Waals surface area contributed by atoms with Crippen molar-refractivity contribution in [1.82, 2.24) is 0 Å². The molecule has 2 aliphatic carbocycles. The van der Waals surface area contributed by atoms with E-state index in [1.165, 1.54) is 12.8 Å². The van der Waals surface area contributed by atoms with E-state index in [4.69, 9.17) is 23.7 Å². The third-order valence-electron chi connectivity index (χ3n) is 7.69. The second-order valence-corrected chi connectivity index (χ2v) is 10.1. The summed E-state index contributed by atoms with van der Waals surface area (Å²) in [5.41, 5.74) is 1.88. The minimum atomic E-state index is -0.814. The maximum atomic E-state index is 13.4. The van der Waals surface area contributed by atoms with Crippen LogP contribution in [0.25, 0.3) is 0 Å². The van der Waals surface area contributed by atoms with Crippen LogP contribution in [0.4, 0.5) is 5.69 Å². The number of aryl methyl sites for hydroxylation is 1. The van der Waals surface area contributed by atoms with Crippen molar-refractivity contribution in [2.75, 3.05) is 5.32 Å². The van der Waals surface area contributed by atoms with Crippen LogP contribution in [0.5, 0.6) is 0 Å². The van der Waals surface area contributed by atoms with Crippen molar-refractivity contribution in [2.24, 2.45) is 0 Å². The Morgan fingerprint density at radius 3 is 2.00 bits per heavy atom. The Labute approximate surface area is 189 Å². The maximum Gasteiger partial charge on any atom is 0.256 e. The van der Waals surface area contributed by atoms with Crippen LogP contribution in [-0.4, -0.2) is 48.2 Å². The van der Waals surface area contributed by atoms with E-state index in [2.05, 4.69) is 5.32 Å². The van der Waals surface area contributed by atoms with Gasteiger partial charge in [0.1, 0.15) is 18.3 Å². The van der Waals surface area contributed by atoms with Gasteiger partial charge < -0.3 is 29.0 Å². The molecule has 2 spiro atoms. The molecule has 0 radical (unpaired) electrons. The van der Waals surface area contributed by atoms with E-state index in [1.807, 2.05) is 31.2 Å². The molecule has 7 nitrogen and oxygen atoms in total. The molecule has 0 bridgehead atoms. The summed E-state index contributed by atoms with van der Waals surface area (Å²) in [6, 6.07) is 7.75. The van der Waals surface area contributed by atoms with Crippen molar-refractivity contribution in [3.8, 4) is 0 Å². The summed E-state index contributed by atoms with van der Waals surface area (Å²) in [4.78, 5) is 13.4. The average molecular weight is 444 g/mol. The summed E-state index contributed by atoms with van der Waals surface area (Å²) >= 11 is 0. The van der Waals surface area contributed by atoms with E-state index in [9.17, 15) is 4.79 Å². The van der Waals surface area contributed by atoms with Crippen LogP contribution in [0.2, 0.25) is 0 Å². The summed E-state index contributed by atoms with van der Waals surface area (Å²) in [5, 5.41) is 3.00. The van der Waals surface area contributed by atoms with Crippen molar-refractivity contribution in [1.29, 1.82) is 0 Å². The summed E-state index contributed by atoms with van der Waals surface area (Å²) in [6.07, 6.45) is 7.37. The van der Waals surface area contributed by atoms with Gasteiger partial charge in [-0.3, -0.25) is 4.79 Å². The number of benzene rings is 1. The first-order chi connectivity index (χ1) is 15.5. The van der Waals surface area contributed by atoms with E-state index >= 15 is 0 Å². The first-order valence-corrected chi connectivity index (χ1v) is 12.3. The molecule has 5 atom stereocenters. The van der Waals surface area contributed by atoms with Gasteiger partial charge in [-0.15, -0.1) is 0 Å². The van der Waals surface area contributed by atoms with Crippen LogP contribution in [0, 0.1) is 6.92 Å². The number of carbonyl (C=O) groups excluding carboxylic acids is 1. The molecule has 174 valence electrons. The quantitative estimate of drug-likeness (QED) is 0.739. The van der Waals surface area contributed by atoms with Crippen molar-refractivity contribution < 1.29 is 28.5 Å². The number of ether oxygens (including phenoxy) is 5. The summed E-state index contributed by atoms with van der Waals surface area (Å²) in [5.74, 6) is -1.49. The van der Waals surface area contributed by atoms with Gasteiger partial charge in [-0.25, -0.2) is 0 Å². The molecule has 7 heteroatoms. The van der Waals surface area contributed by atoms with Gasteiger partial charge in [-0.05, 0) is 44.7 Å². The number of rotatable bonds is 2. The lowest BCUT2D eigenvalue weighted by molar-refractivity contribution is -0.246. The standard InChI is InChI=1S/C25H33NO6/c1-16-8-10-17(11-9-16)26-22(27)20-18-19(30-24(29-18)12-4-2-5-13-24)21-23(28-20)32-25(31-21)14-6-3-7-15-25/h8-11,18-21,23H,2-7,12-15H2,1H3,(H,26,27). The predicted molar refractivity (Wildman–Crippen MR) is 116 cm³/mol. The fraction of sp³-hybridized carbons (Fsp3) is 0.720. The summed E-state index contributed by atoms with van der Waals surface area (Å²) in [7, 11) is 0. The normalized spacial score (nSPS) is 37.2. The molecule has 1 N–H and O–H groups in total. The highest BCUT2D eigenvalue weighted by molar-refractivity contribution is 5.94. The van der Waals surface area contributed by atoms with Gasteiger partial charge in [0.2, 0.25) is 0 Å². The highest BCUT2D eigenvalue weighted by atomic mass is 16.9. The molecule has 0 aromatic heterocycles. The molecule has 3 aliphatic heterocycles. The monoisotopic (exact) mass is 443 g/mol. The second-order valence-electron chi connectivity index (χ2n) is 10.1. The largest absolute Gasteiger partial charge is 0.341 e. The number of fused-ring (bicyclic) bond motifs is 3. The Morgan fingerprint density at radius 2 is 1.34 bits per heavy atom. The lowest BCUT2D eigenvalue weighted by Gasteiger charge is -2.36. The van der Waals surface area contributed by atoms with Crippen molar-refractivity contribution in [2.45, 2.75) is 113 Å². The Kier molecular flexibility index (Phi) is 5.30. The van der Waals surface area contributed by atoms with Crippen molar-refractivity contribution in [3.05, 3.63) is 29.8 Å². The molecule has 32 heavy (non-hydrogen) atoms. The van der Waals surface area contributed by atoms with Crippen LogP contribution in [0.15, 0.2) is 24.3 Å². The second kappa shape index (κ2) is 8.06. The molecule has 6 rings (SSSR count). The topological polar surface area (TPSA) is 75.3 Å². The number of hydrogen-bond acceptors (Lipinski definition) is 6. The third-order valence-corrected chi connectivity index (χ3v) is 7.69. The van der Waals surface area contributed by atoms with Crippen molar-refractivity contribution in [3.63, 3.8) is 0 Å². The van der Waals surface area contributed by atoms with E-state index in [0.717, 1.165) is 62.6 Å². The Balaban J connectivity index is 1.27. The van der Waals surface area contributed by atoms with E-state index in [1.54, 1.807) is 0 Å². The van der Waals surface area contributed by atoms with Crippen LogP contribution in [0.3, 0.4) is 0 Å². The number of nitrogens with one attached hydrogen (secondary N) is 1. The molecule has 1 aromatic rings. The first-order valence-electron chi connectivity index (χ1n) is 12.3. The van der Waals surface area contributed by atoms with Gasteiger partial charge in [-0.1, -0.05) is 30.5 Å². The fourth-order valence-corrected chi connectivity index (χ4v) is 6.02.